The molecular weight excluding hydrogens is 338 g/mol. The van der Waals surface area contributed by atoms with Crippen molar-refractivity contribution in [3.8, 4) is 22.9 Å². The van der Waals surface area contributed by atoms with Crippen LogP contribution in [-0.4, -0.2) is 21.9 Å². The Bertz CT molecular complexity index is 906. The molecule has 0 aliphatic heterocycles. The predicted molar refractivity (Wildman–Crippen MR) is 106 cm³/mol. The summed E-state index contributed by atoms with van der Waals surface area (Å²) in [7, 11) is 0. The third-order valence-electron chi connectivity index (χ3n) is 4.40. The number of aryl methyl sites for hydroxylation is 1. The van der Waals surface area contributed by atoms with E-state index in [9.17, 15) is 4.79 Å². The van der Waals surface area contributed by atoms with Crippen LogP contribution in [0.25, 0.3) is 11.1 Å². The summed E-state index contributed by atoms with van der Waals surface area (Å²) in [6, 6.07) is 15.4. The van der Waals surface area contributed by atoms with Crippen molar-refractivity contribution in [2.45, 2.75) is 33.2 Å². The molecule has 2 aromatic carbocycles. The Morgan fingerprint density at radius 2 is 1.74 bits per heavy atom. The molecule has 1 N–H and O–H groups in total. The van der Waals surface area contributed by atoms with Crippen molar-refractivity contribution in [3.05, 3.63) is 72.1 Å². The number of amides is 1. The highest BCUT2D eigenvalue weighted by atomic mass is 16.5. The summed E-state index contributed by atoms with van der Waals surface area (Å²) < 4.78 is 5.68. The molecule has 0 saturated carbocycles. The summed E-state index contributed by atoms with van der Waals surface area (Å²) in [5.74, 6) is 0.494. The average Bonchev–Trinajstić information content (AvgIpc) is 2.69. The second kappa shape index (κ2) is 8.45. The van der Waals surface area contributed by atoms with E-state index < -0.39 is 0 Å². The first-order valence-electron chi connectivity index (χ1n) is 9.03. The highest BCUT2D eigenvalue weighted by Gasteiger charge is 2.09. The molecule has 1 unspecified atom stereocenters. The molecule has 27 heavy (non-hydrogen) atoms. The Kier molecular flexibility index (Phi) is 5.81. The fourth-order valence-electron chi connectivity index (χ4n) is 2.59. The first kappa shape index (κ1) is 18.6. The summed E-state index contributed by atoms with van der Waals surface area (Å²) in [6.07, 6.45) is 4.39. The zero-order valence-corrected chi connectivity index (χ0v) is 15.8. The van der Waals surface area contributed by atoms with Crippen LogP contribution in [0.1, 0.15) is 36.2 Å². The van der Waals surface area contributed by atoms with Gasteiger partial charge in [-0.1, -0.05) is 31.2 Å². The van der Waals surface area contributed by atoms with Gasteiger partial charge < -0.3 is 10.1 Å². The van der Waals surface area contributed by atoms with Crippen molar-refractivity contribution in [1.82, 2.24) is 15.3 Å². The molecule has 0 fully saturated rings. The van der Waals surface area contributed by atoms with E-state index in [1.165, 1.54) is 5.56 Å². The first-order chi connectivity index (χ1) is 13.1. The van der Waals surface area contributed by atoms with Crippen LogP contribution in [0.5, 0.6) is 11.8 Å². The number of aromatic nitrogens is 2. The van der Waals surface area contributed by atoms with Crippen molar-refractivity contribution in [1.29, 1.82) is 0 Å². The minimum absolute atomic E-state index is 0.0882. The molecule has 0 radical (unpaired) electrons. The molecule has 5 heteroatoms. The van der Waals surface area contributed by atoms with Crippen LogP contribution >= 0.6 is 0 Å². The maximum atomic E-state index is 12.1. The highest BCUT2D eigenvalue weighted by molar-refractivity contribution is 5.94. The zero-order valence-electron chi connectivity index (χ0n) is 15.8. The van der Waals surface area contributed by atoms with E-state index in [1.807, 2.05) is 32.0 Å². The molecule has 0 aliphatic carbocycles. The fourth-order valence-corrected chi connectivity index (χ4v) is 2.59. The van der Waals surface area contributed by atoms with E-state index in [4.69, 9.17) is 4.74 Å². The van der Waals surface area contributed by atoms with Crippen LogP contribution in [0, 0.1) is 6.92 Å². The minimum Gasteiger partial charge on any atom is -0.424 e. The van der Waals surface area contributed by atoms with E-state index in [1.54, 1.807) is 36.7 Å². The Balaban J connectivity index is 1.67. The van der Waals surface area contributed by atoms with Crippen molar-refractivity contribution < 1.29 is 9.53 Å². The van der Waals surface area contributed by atoms with E-state index in [2.05, 4.69) is 28.3 Å². The lowest BCUT2D eigenvalue weighted by molar-refractivity contribution is 0.0939. The lowest BCUT2D eigenvalue weighted by Gasteiger charge is -2.11. The third kappa shape index (κ3) is 4.70. The number of rotatable bonds is 6. The molecule has 0 spiro atoms. The number of nitrogens with one attached hydrogen (secondary N) is 1. The normalized spacial score (nSPS) is 11.7. The zero-order chi connectivity index (χ0) is 19.2. The Labute approximate surface area is 159 Å². The molecule has 0 bridgehead atoms. The largest absolute Gasteiger partial charge is 0.424 e. The lowest BCUT2D eigenvalue weighted by atomic mass is 10.0. The SMILES string of the molecule is CCC(C)NC(=O)c1ccc(Oc2ncc(-c3ccccc3C)cn2)cc1. The van der Waals surface area contributed by atoms with Gasteiger partial charge in [0, 0.05) is 29.6 Å². The van der Waals surface area contributed by atoms with Crippen molar-refractivity contribution in [2.75, 3.05) is 0 Å². The number of hydrogen-bond donors (Lipinski definition) is 1. The number of hydrogen-bond acceptors (Lipinski definition) is 4. The fraction of sp³-hybridized carbons (Fsp3) is 0.227. The molecule has 5 nitrogen and oxygen atoms in total. The van der Waals surface area contributed by atoms with Gasteiger partial charge in [-0.15, -0.1) is 0 Å². The quantitative estimate of drug-likeness (QED) is 0.687. The number of carbonyl (C=O) groups is 1. The smallest absolute Gasteiger partial charge is 0.321 e. The van der Waals surface area contributed by atoms with Crippen LogP contribution in [0.4, 0.5) is 0 Å². The van der Waals surface area contributed by atoms with Gasteiger partial charge in [-0.25, -0.2) is 9.97 Å². The first-order valence-corrected chi connectivity index (χ1v) is 9.03. The van der Waals surface area contributed by atoms with Crippen LogP contribution < -0.4 is 10.1 Å². The molecule has 138 valence electrons. The standard InChI is InChI=1S/C22H23N3O2/c1-4-16(3)25-21(26)17-9-11-19(12-10-17)27-22-23-13-18(14-24-22)20-8-6-5-7-15(20)2/h5-14,16H,4H2,1-3H3,(H,25,26). The molecule has 1 heterocycles. The van der Waals surface area contributed by atoms with Gasteiger partial charge in [0.2, 0.25) is 0 Å². The van der Waals surface area contributed by atoms with Gasteiger partial charge in [0.25, 0.3) is 5.91 Å². The van der Waals surface area contributed by atoms with Gasteiger partial charge in [0.05, 0.1) is 0 Å². The molecule has 3 aromatic rings. The highest BCUT2D eigenvalue weighted by Crippen LogP contribution is 2.24. The Morgan fingerprint density at radius 1 is 1.07 bits per heavy atom. The van der Waals surface area contributed by atoms with Gasteiger partial charge in [-0.2, -0.15) is 0 Å². The van der Waals surface area contributed by atoms with E-state index >= 15 is 0 Å². The van der Waals surface area contributed by atoms with Crippen molar-refractivity contribution in [2.24, 2.45) is 0 Å². The number of benzene rings is 2. The summed E-state index contributed by atoms with van der Waals surface area (Å²) in [5, 5.41) is 2.94. The second-order valence-electron chi connectivity index (χ2n) is 6.48. The minimum atomic E-state index is -0.0882. The van der Waals surface area contributed by atoms with Gasteiger partial charge in [0.1, 0.15) is 5.75 Å². The lowest BCUT2D eigenvalue weighted by Crippen LogP contribution is -2.31. The topological polar surface area (TPSA) is 64.1 Å². The number of carbonyl (C=O) groups excluding carboxylic acids is 1. The van der Waals surface area contributed by atoms with Crippen LogP contribution in [0.3, 0.4) is 0 Å². The molecular formula is C22H23N3O2. The third-order valence-corrected chi connectivity index (χ3v) is 4.40. The van der Waals surface area contributed by atoms with Gasteiger partial charge >= 0.3 is 6.01 Å². The molecule has 1 amide bonds. The average molecular weight is 361 g/mol. The van der Waals surface area contributed by atoms with E-state index in [-0.39, 0.29) is 18.0 Å². The molecule has 1 atom stereocenters. The van der Waals surface area contributed by atoms with Crippen molar-refractivity contribution >= 4 is 5.91 Å². The van der Waals surface area contributed by atoms with Gasteiger partial charge in [-0.3, -0.25) is 4.79 Å². The van der Waals surface area contributed by atoms with Crippen molar-refractivity contribution in [3.63, 3.8) is 0 Å². The summed E-state index contributed by atoms with van der Waals surface area (Å²) in [6.45, 7) is 6.07. The summed E-state index contributed by atoms with van der Waals surface area (Å²) in [4.78, 5) is 20.7. The van der Waals surface area contributed by atoms with Crippen LogP contribution in [0.2, 0.25) is 0 Å². The van der Waals surface area contributed by atoms with E-state index in [0.717, 1.165) is 17.5 Å². The molecule has 0 saturated heterocycles. The second-order valence-corrected chi connectivity index (χ2v) is 6.48. The summed E-state index contributed by atoms with van der Waals surface area (Å²) >= 11 is 0. The molecule has 1 aromatic heterocycles. The van der Waals surface area contributed by atoms with Crippen LogP contribution in [-0.2, 0) is 0 Å². The molecule has 0 aliphatic rings. The monoisotopic (exact) mass is 361 g/mol. The molecule has 3 rings (SSSR count). The number of nitrogens with zero attached hydrogens (tertiary/aromatic N) is 2. The van der Waals surface area contributed by atoms with Crippen LogP contribution in [0.15, 0.2) is 60.9 Å². The predicted octanol–water partition coefficient (Wildman–Crippen LogP) is 4.77. The number of ether oxygens (including phenoxy) is 1. The Hall–Kier alpha value is -3.21. The maximum Gasteiger partial charge on any atom is 0.321 e. The maximum absolute atomic E-state index is 12.1. The van der Waals surface area contributed by atoms with Gasteiger partial charge in [-0.05, 0) is 55.7 Å². The Morgan fingerprint density at radius 3 is 2.37 bits per heavy atom. The van der Waals surface area contributed by atoms with E-state index in [0.29, 0.717) is 11.3 Å². The summed E-state index contributed by atoms with van der Waals surface area (Å²) in [5.41, 5.74) is 3.80. The van der Waals surface area contributed by atoms with Gasteiger partial charge in [0.15, 0.2) is 0 Å².